The zero-order chi connectivity index (χ0) is 16.1. The number of carbonyl (C=O) groups excluding carboxylic acids is 1. The Bertz CT molecular complexity index is 673. The highest BCUT2D eigenvalue weighted by molar-refractivity contribution is 5.94. The lowest BCUT2D eigenvalue weighted by Crippen LogP contribution is -2.28. The minimum Gasteiger partial charge on any atom is -0.497 e. The molecule has 5 heteroatoms. The van der Waals surface area contributed by atoms with E-state index in [1.54, 1.807) is 38.3 Å². The van der Waals surface area contributed by atoms with Crippen molar-refractivity contribution in [2.75, 3.05) is 13.7 Å². The predicted molar refractivity (Wildman–Crippen MR) is 81.4 cm³/mol. The van der Waals surface area contributed by atoms with Gasteiger partial charge in [0.05, 0.1) is 13.2 Å². The number of nitrogens with one attached hydrogen (secondary N) is 1. The van der Waals surface area contributed by atoms with E-state index in [1.807, 2.05) is 0 Å². The third kappa shape index (κ3) is 3.83. The second-order valence-corrected chi connectivity index (χ2v) is 4.97. The number of amides is 1. The van der Waals surface area contributed by atoms with Gasteiger partial charge in [-0.05, 0) is 48.4 Å². The number of rotatable bonds is 5. The van der Waals surface area contributed by atoms with E-state index in [9.17, 15) is 14.3 Å². The molecule has 1 unspecified atom stereocenters. The molecular formula is C17H18FNO3. The maximum atomic E-state index is 13.2. The Morgan fingerprint density at radius 1 is 1.32 bits per heavy atom. The van der Waals surface area contributed by atoms with Crippen molar-refractivity contribution in [3.8, 4) is 5.75 Å². The topological polar surface area (TPSA) is 58.6 Å². The van der Waals surface area contributed by atoms with Crippen molar-refractivity contribution in [2.45, 2.75) is 13.0 Å². The molecule has 1 atom stereocenters. The summed E-state index contributed by atoms with van der Waals surface area (Å²) in [6.07, 6.45) is -0.847. The number of hydrogen-bond donors (Lipinski definition) is 2. The molecule has 4 nitrogen and oxygen atoms in total. The lowest BCUT2D eigenvalue weighted by Gasteiger charge is -2.13. The van der Waals surface area contributed by atoms with Crippen LogP contribution in [-0.2, 0) is 0 Å². The monoisotopic (exact) mass is 303 g/mol. The van der Waals surface area contributed by atoms with Gasteiger partial charge in [0.1, 0.15) is 11.6 Å². The highest BCUT2D eigenvalue weighted by Gasteiger charge is 2.12. The van der Waals surface area contributed by atoms with Gasteiger partial charge in [0.2, 0.25) is 0 Å². The van der Waals surface area contributed by atoms with Gasteiger partial charge in [0, 0.05) is 12.1 Å². The normalized spacial score (nSPS) is 11.8. The molecule has 2 aromatic rings. The van der Waals surface area contributed by atoms with Crippen LogP contribution >= 0.6 is 0 Å². The van der Waals surface area contributed by atoms with E-state index >= 15 is 0 Å². The van der Waals surface area contributed by atoms with Crippen molar-refractivity contribution in [1.29, 1.82) is 0 Å². The number of methoxy groups -OCH3 is 1. The van der Waals surface area contributed by atoms with Crippen LogP contribution in [0.1, 0.15) is 27.6 Å². The van der Waals surface area contributed by atoms with Crippen molar-refractivity contribution in [1.82, 2.24) is 5.32 Å². The van der Waals surface area contributed by atoms with Crippen LogP contribution in [0.2, 0.25) is 0 Å². The molecule has 0 fully saturated rings. The average molecular weight is 303 g/mol. The molecule has 2 aromatic carbocycles. The van der Waals surface area contributed by atoms with Gasteiger partial charge in [0.25, 0.3) is 5.91 Å². The van der Waals surface area contributed by atoms with Crippen LogP contribution in [0.5, 0.6) is 5.75 Å². The standard InChI is InChI=1S/C17H18FNO3/c1-11-8-13(6-7-15(11)18)17(21)19-10-16(20)12-4-3-5-14(9-12)22-2/h3-9,16,20H,10H2,1-2H3,(H,19,21). The Kier molecular flexibility index (Phi) is 5.12. The Morgan fingerprint density at radius 2 is 2.09 bits per heavy atom. The molecule has 0 spiro atoms. The quantitative estimate of drug-likeness (QED) is 0.892. The van der Waals surface area contributed by atoms with Crippen LogP contribution in [-0.4, -0.2) is 24.7 Å². The fourth-order valence-corrected chi connectivity index (χ4v) is 2.04. The van der Waals surface area contributed by atoms with Gasteiger partial charge in [-0.3, -0.25) is 4.79 Å². The number of benzene rings is 2. The minimum atomic E-state index is -0.847. The van der Waals surface area contributed by atoms with Crippen molar-refractivity contribution in [3.63, 3.8) is 0 Å². The van der Waals surface area contributed by atoms with Crippen LogP contribution < -0.4 is 10.1 Å². The van der Waals surface area contributed by atoms with E-state index in [2.05, 4.69) is 5.32 Å². The Morgan fingerprint density at radius 3 is 2.77 bits per heavy atom. The maximum Gasteiger partial charge on any atom is 0.251 e. The van der Waals surface area contributed by atoms with Crippen LogP contribution in [0.15, 0.2) is 42.5 Å². The van der Waals surface area contributed by atoms with Gasteiger partial charge in [-0.2, -0.15) is 0 Å². The summed E-state index contributed by atoms with van der Waals surface area (Å²) < 4.78 is 18.3. The molecule has 0 heterocycles. The van der Waals surface area contributed by atoms with Crippen molar-refractivity contribution >= 4 is 5.91 Å². The summed E-state index contributed by atoms with van der Waals surface area (Å²) >= 11 is 0. The van der Waals surface area contributed by atoms with E-state index in [0.29, 0.717) is 22.4 Å². The first-order chi connectivity index (χ1) is 10.5. The summed E-state index contributed by atoms with van der Waals surface area (Å²) in [6.45, 7) is 1.65. The average Bonchev–Trinajstić information content (AvgIpc) is 2.54. The number of aliphatic hydroxyl groups excluding tert-OH is 1. The molecule has 0 aromatic heterocycles. The lowest BCUT2D eigenvalue weighted by atomic mass is 10.1. The van der Waals surface area contributed by atoms with Gasteiger partial charge in [-0.25, -0.2) is 4.39 Å². The molecule has 22 heavy (non-hydrogen) atoms. The molecule has 0 radical (unpaired) electrons. The molecular weight excluding hydrogens is 285 g/mol. The smallest absolute Gasteiger partial charge is 0.251 e. The van der Waals surface area contributed by atoms with Crippen molar-refractivity contribution in [3.05, 3.63) is 65.0 Å². The van der Waals surface area contributed by atoms with Crippen LogP contribution in [0.25, 0.3) is 0 Å². The first-order valence-corrected chi connectivity index (χ1v) is 6.87. The Hall–Kier alpha value is -2.40. The van der Waals surface area contributed by atoms with Gasteiger partial charge in [-0.1, -0.05) is 12.1 Å². The highest BCUT2D eigenvalue weighted by Crippen LogP contribution is 2.18. The molecule has 2 N–H and O–H groups in total. The van der Waals surface area contributed by atoms with Crippen LogP contribution in [0.4, 0.5) is 4.39 Å². The molecule has 0 aliphatic heterocycles. The lowest BCUT2D eigenvalue weighted by molar-refractivity contribution is 0.0916. The van der Waals surface area contributed by atoms with Crippen molar-refractivity contribution in [2.24, 2.45) is 0 Å². The van der Waals surface area contributed by atoms with Gasteiger partial charge in [0.15, 0.2) is 0 Å². The molecule has 0 aliphatic carbocycles. The van der Waals surface area contributed by atoms with Gasteiger partial charge in [-0.15, -0.1) is 0 Å². The van der Waals surface area contributed by atoms with Crippen molar-refractivity contribution < 1.29 is 19.0 Å². The summed E-state index contributed by atoms with van der Waals surface area (Å²) in [5, 5.41) is 12.7. The van der Waals surface area contributed by atoms with E-state index < -0.39 is 6.10 Å². The summed E-state index contributed by atoms with van der Waals surface area (Å²) in [5.74, 6) is -0.0740. The molecule has 0 aliphatic rings. The largest absolute Gasteiger partial charge is 0.497 e. The second-order valence-electron chi connectivity index (χ2n) is 4.97. The maximum absolute atomic E-state index is 13.2. The number of hydrogen-bond acceptors (Lipinski definition) is 3. The summed E-state index contributed by atoms with van der Waals surface area (Å²) in [6, 6.07) is 11.1. The third-order valence-electron chi connectivity index (χ3n) is 3.35. The first-order valence-electron chi connectivity index (χ1n) is 6.87. The molecule has 0 bridgehead atoms. The van der Waals surface area contributed by atoms with Crippen LogP contribution in [0, 0.1) is 12.7 Å². The fourth-order valence-electron chi connectivity index (χ4n) is 2.04. The molecule has 0 saturated carbocycles. The fraction of sp³-hybridized carbons (Fsp3) is 0.235. The number of ether oxygens (including phenoxy) is 1. The highest BCUT2D eigenvalue weighted by atomic mass is 19.1. The van der Waals surface area contributed by atoms with Gasteiger partial charge >= 0.3 is 0 Å². The zero-order valence-electron chi connectivity index (χ0n) is 12.5. The number of carbonyl (C=O) groups is 1. The molecule has 0 saturated heterocycles. The Balaban J connectivity index is 1.99. The van der Waals surface area contributed by atoms with E-state index in [-0.39, 0.29) is 18.3 Å². The Labute approximate surface area is 128 Å². The summed E-state index contributed by atoms with van der Waals surface area (Å²) in [5.41, 5.74) is 1.41. The van der Waals surface area contributed by atoms with E-state index in [4.69, 9.17) is 4.74 Å². The zero-order valence-corrected chi connectivity index (χ0v) is 12.5. The molecule has 2 rings (SSSR count). The van der Waals surface area contributed by atoms with Crippen LogP contribution in [0.3, 0.4) is 0 Å². The third-order valence-corrected chi connectivity index (χ3v) is 3.35. The summed E-state index contributed by atoms with van der Waals surface area (Å²) in [4.78, 5) is 12.0. The molecule has 116 valence electrons. The number of aliphatic hydroxyl groups is 1. The summed E-state index contributed by atoms with van der Waals surface area (Å²) in [7, 11) is 1.55. The number of aryl methyl sites for hydroxylation is 1. The first kappa shape index (κ1) is 16.0. The SMILES string of the molecule is COc1cccc(C(O)CNC(=O)c2ccc(F)c(C)c2)c1. The minimum absolute atomic E-state index is 0.0580. The second kappa shape index (κ2) is 7.04. The van der Waals surface area contributed by atoms with E-state index in [0.717, 1.165) is 0 Å². The van der Waals surface area contributed by atoms with Gasteiger partial charge < -0.3 is 15.2 Å². The predicted octanol–water partition coefficient (Wildman–Crippen LogP) is 2.61. The van der Waals surface area contributed by atoms with E-state index in [1.165, 1.54) is 18.2 Å². The number of halogens is 1. The molecule has 1 amide bonds.